The molecule has 0 aliphatic carbocycles. The summed E-state index contributed by atoms with van der Waals surface area (Å²) in [6.45, 7) is 3.61. The lowest BCUT2D eigenvalue weighted by Gasteiger charge is -2.21. The second-order valence-electron chi connectivity index (χ2n) is 6.92. The van der Waals surface area contributed by atoms with Crippen molar-refractivity contribution in [2.24, 2.45) is 5.92 Å². The Hall–Kier alpha value is -3.59. The van der Waals surface area contributed by atoms with Gasteiger partial charge in [0.2, 0.25) is 0 Å². The number of hydrogen-bond acceptors (Lipinski definition) is 5. The van der Waals surface area contributed by atoms with E-state index in [9.17, 15) is 15.2 Å². The van der Waals surface area contributed by atoms with Gasteiger partial charge in [0.05, 0.1) is 17.0 Å². The van der Waals surface area contributed by atoms with Crippen molar-refractivity contribution in [1.29, 1.82) is 5.26 Å². The Bertz CT molecular complexity index is 1030. The summed E-state index contributed by atoms with van der Waals surface area (Å²) in [7, 11) is 0. The highest BCUT2D eigenvalue weighted by atomic mass is 16.5. The molecular formula is C23H23N3O3. The first kappa shape index (κ1) is 20.2. The summed E-state index contributed by atoms with van der Waals surface area (Å²) in [5.74, 6) is -0.897. The van der Waals surface area contributed by atoms with Crippen LogP contribution in [0, 0.1) is 17.2 Å². The molecule has 0 unspecified atom stereocenters. The number of para-hydroxylation sites is 2. The van der Waals surface area contributed by atoms with Gasteiger partial charge >= 0.3 is 5.97 Å². The number of aliphatic hydroxyl groups excluding tert-OH is 1. The van der Waals surface area contributed by atoms with Crippen molar-refractivity contribution in [3.05, 3.63) is 71.7 Å². The quantitative estimate of drug-likeness (QED) is 0.346. The lowest BCUT2D eigenvalue weighted by Crippen LogP contribution is -2.23. The van der Waals surface area contributed by atoms with E-state index in [4.69, 9.17) is 4.74 Å². The molecule has 0 bridgehead atoms. The molecule has 2 N–H and O–H groups in total. The van der Waals surface area contributed by atoms with E-state index in [1.54, 1.807) is 6.07 Å². The summed E-state index contributed by atoms with van der Waals surface area (Å²) in [6, 6.07) is 18.7. The van der Waals surface area contributed by atoms with Gasteiger partial charge in [-0.1, -0.05) is 62.7 Å². The maximum Gasteiger partial charge on any atom is 0.314 e. The van der Waals surface area contributed by atoms with Crippen LogP contribution in [-0.4, -0.2) is 27.7 Å². The second-order valence-corrected chi connectivity index (χ2v) is 6.92. The van der Waals surface area contributed by atoms with Crippen LogP contribution in [0.5, 0.6) is 0 Å². The second kappa shape index (κ2) is 9.07. The number of aliphatic hydroxyl groups is 1. The van der Waals surface area contributed by atoms with E-state index in [1.165, 1.54) is 0 Å². The van der Waals surface area contributed by atoms with Crippen LogP contribution in [0.15, 0.2) is 60.4 Å². The Labute approximate surface area is 169 Å². The van der Waals surface area contributed by atoms with Crippen LogP contribution in [0.4, 0.5) is 0 Å². The minimum Gasteiger partial charge on any atom is -0.507 e. The maximum absolute atomic E-state index is 12.8. The SMILES string of the molecule is CC[C@H](C)[C@H](C(=O)OC/C(O)=C(\C#N)c1nc2ccccc2[nH]1)c1ccccc1. The van der Waals surface area contributed by atoms with Gasteiger partial charge in [-0.05, 0) is 23.6 Å². The van der Waals surface area contributed by atoms with E-state index < -0.39 is 18.5 Å². The molecule has 0 saturated carbocycles. The van der Waals surface area contributed by atoms with Gasteiger partial charge in [0.15, 0.2) is 11.6 Å². The number of aromatic nitrogens is 2. The van der Waals surface area contributed by atoms with Gasteiger partial charge < -0.3 is 14.8 Å². The van der Waals surface area contributed by atoms with Crippen LogP contribution in [0.3, 0.4) is 0 Å². The number of aromatic amines is 1. The predicted octanol–water partition coefficient (Wildman–Crippen LogP) is 4.73. The highest BCUT2D eigenvalue weighted by Gasteiger charge is 2.28. The summed E-state index contributed by atoms with van der Waals surface area (Å²) < 4.78 is 5.38. The fourth-order valence-corrected chi connectivity index (χ4v) is 3.22. The Morgan fingerprint density at radius 2 is 1.90 bits per heavy atom. The molecule has 2 aromatic carbocycles. The number of fused-ring (bicyclic) bond motifs is 1. The number of nitriles is 1. The molecule has 0 aliphatic rings. The van der Waals surface area contributed by atoms with Gasteiger partial charge in [0.1, 0.15) is 18.2 Å². The molecule has 3 aromatic rings. The Morgan fingerprint density at radius 1 is 1.21 bits per heavy atom. The minimum atomic E-state index is -0.439. The first-order valence-electron chi connectivity index (χ1n) is 9.54. The average molecular weight is 389 g/mol. The molecule has 0 saturated heterocycles. The van der Waals surface area contributed by atoms with E-state index in [1.807, 2.05) is 68.4 Å². The predicted molar refractivity (Wildman–Crippen MR) is 111 cm³/mol. The van der Waals surface area contributed by atoms with Crippen LogP contribution < -0.4 is 0 Å². The normalized spacial score (nSPS) is 14.0. The van der Waals surface area contributed by atoms with E-state index >= 15 is 0 Å². The van der Waals surface area contributed by atoms with Gasteiger partial charge in [-0.15, -0.1) is 0 Å². The van der Waals surface area contributed by atoms with Crippen LogP contribution in [0.1, 0.15) is 37.6 Å². The lowest BCUT2D eigenvalue weighted by molar-refractivity contribution is -0.146. The van der Waals surface area contributed by atoms with Crippen molar-refractivity contribution < 1.29 is 14.6 Å². The average Bonchev–Trinajstić information content (AvgIpc) is 3.17. The van der Waals surface area contributed by atoms with Crippen LogP contribution >= 0.6 is 0 Å². The number of nitrogens with one attached hydrogen (secondary N) is 1. The van der Waals surface area contributed by atoms with Crippen molar-refractivity contribution in [1.82, 2.24) is 9.97 Å². The highest BCUT2D eigenvalue weighted by molar-refractivity contribution is 5.83. The smallest absolute Gasteiger partial charge is 0.314 e. The molecule has 29 heavy (non-hydrogen) atoms. The van der Waals surface area contributed by atoms with Gasteiger partial charge in [0, 0.05) is 0 Å². The summed E-state index contributed by atoms with van der Waals surface area (Å²) >= 11 is 0. The first-order chi connectivity index (χ1) is 14.0. The van der Waals surface area contributed by atoms with Crippen molar-refractivity contribution in [3.63, 3.8) is 0 Å². The largest absolute Gasteiger partial charge is 0.507 e. The summed E-state index contributed by atoms with van der Waals surface area (Å²) in [6.07, 6.45) is 0.804. The van der Waals surface area contributed by atoms with Crippen molar-refractivity contribution in [3.8, 4) is 6.07 Å². The van der Waals surface area contributed by atoms with Gasteiger partial charge in [-0.3, -0.25) is 4.79 Å². The number of allylic oxidation sites excluding steroid dienone is 1. The molecular weight excluding hydrogens is 366 g/mol. The van der Waals surface area contributed by atoms with E-state index in [-0.39, 0.29) is 23.1 Å². The van der Waals surface area contributed by atoms with Crippen molar-refractivity contribution in [2.75, 3.05) is 6.61 Å². The number of imidazole rings is 1. The summed E-state index contributed by atoms with van der Waals surface area (Å²) in [5.41, 5.74) is 2.25. The number of nitrogens with zero attached hydrogens (tertiary/aromatic N) is 2. The molecule has 3 rings (SSSR count). The molecule has 0 amide bonds. The number of carbonyl (C=O) groups is 1. The third kappa shape index (κ3) is 4.46. The molecule has 1 aromatic heterocycles. The first-order valence-corrected chi connectivity index (χ1v) is 9.54. The molecule has 0 spiro atoms. The number of ether oxygens (including phenoxy) is 1. The van der Waals surface area contributed by atoms with E-state index in [0.717, 1.165) is 17.5 Å². The van der Waals surface area contributed by atoms with Crippen LogP contribution in [-0.2, 0) is 9.53 Å². The van der Waals surface area contributed by atoms with E-state index in [0.29, 0.717) is 5.52 Å². The van der Waals surface area contributed by atoms with Gasteiger partial charge in [-0.25, -0.2) is 4.98 Å². The van der Waals surface area contributed by atoms with Gasteiger partial charge in [0.25, 0.3) is 0 Å². The van der Waals surface area contributed by atoms with Crippen LogP contribution in [0.25, 0.3) is 16.6 Å². The third-order valence-electron chi connectivity index (χ3n) is 5.00. The number of benzene rings is 2. The van der Waals surface area contributed by atoms with E-state index in [2.05, 4.69) is 9.97 Å². The standard InChI is InChI=1S/C23H23N3O3/c1-3-15(2)21(16-9-5-4-6-10-16)23(28)29-14-20(27)17(13-24)22-25-18-11-7-8-12-19(18)26-22/h4-12,15,21,27H,3,14H2,1-2H3,(H,25,26)/b20-17-/t15-,21-/m0/s1. The molecule has 1 heterocycles. The number of rotatable bonds is 7. The highest BCUT2D eigenvalue weighted by Crippen LogP contribution is 2.28. The fourth-order valence-electron chi connectivity index (χ4n) is 3.22. The molecule has 6 nitrogen and oxygen atoms in total. The number of hydrogen-bond donors (Lipinski definition) is 2. The Kier molecular flexibility index (Phi) is 6.30. The molecule has 0 radical (unpaired) electrons. The van der Waals surface area contributed by atoms with Crippen LogP contribution in [0.2, 0.25) is 0 Å². The van der Waals surface area contributed by atoms with Crippen molar-refractivity contribution >= 4 is 22.6 Å². The zero-order valence-electron chi connectivity index (χ0n) is 16.4. The molecule has 0 fully saturated rings. The Morgan fingerprint density at radius 3 is 2.55 bits per heavy atom. The molecule has 2 atom stereocenters. The maximum atomic E-state index is 12.8. The van der Waals surface area contributed by atoms with Gasteiger partial charge in [-0.2, -0.15) is 5.26 Å². The molecule has 6 heteroatoms. The summed E-state index contributed by atoms with van der Waals surface area (Å²) in [4.78, 5) is 20.1. The summed E-state index contributed by atoms with van der Waals surface area (Å²) in [5, 5.41) is 19.9. The lowest BCUT2D eigenvalue weighted by atomic mass is 9.86. The number of H-pyrrole nitrogens is 1. The molecule has 0 aliphatic heterocycles. The van der Waals surface area contributed by atoms with Crippen molar-refractivity contribution in [2.45, 2.75) is 26.2 Å². The third-order valence-corrected chi connectivity index (χ3v) is 5.00. The Balaban J connectivity index is 1.80. The number of carbonyl (C=O) groups excluding carboxylic acids is 1. The monoisotopic (exact) mass is 389 g/mol. The zero-order chi connectivity index (χ0) is 20.8. The number of esters is 1. The fraction of sp³-hybridized carbons (Fsp3) is 0.261. The molecule has 148 valence electrons. The topological polar surface area (TPSA) is 99.0 Å². The minimum absolute atomic E-state index is 0.0474. The zero-order valence-corrected chi connectivity index (χ0v) is 16.4.